The van der Waals surface area contributed by atoms with Crippen molar-refractivity contribution < 1.29 is 14.9 Å². The Balaban J connectivity index is 0.00000225. The molecule has 92 valence electrons. The van der Waals surface area contributed by atoms with Gasteiger partial charge < -0.3 is 20.7 Å². The summed E-state index contributed by atoms with van der Waals surface area (Å²) in [4.78, 5) is 0. The lowest BCUT2D eigenvalue weighted by Crippen LogP contribution is -2.12. The molecule has 1 aromatic carbocycles. The van der Waals surface area contributed by atoms with Gasteiger partial charge in [0.05, 0.1) is 12.1 Å². The molecule has 16 heavy (non-hydrogen) atoms. The number of ether oxygens (including phenoxy) is 1. The Morgan fingerprint density at radius 3 is 2.62 bits per heavy atom. The SMILES string of the molecule is COc1cc([C@@H](N)CCO)cc(Cl)c1O.Cl. The van der Waals surface area contributed by atoms with E-state index in [1.54, 1.807) is 12.1 Å². The van der Waals surface area contributed by atoms with Crippen molar-refractivity contribution in [3.05, 3.63) is 22.7 Å². The first kappa shape index (κ1) is 15.3. The van der Waals surface area contributed by atoms with E-state index in [0.717, 1.165) is 5.56 Å². The molecular weight excluding hydrogens is 253 g/mol. The second-order valence-electron chi connectivity index (χ2n) is 3.17. The minimum absolute atomic E-state index is 0. The molecule has 0 aliphatic rings. The van der Waals surface area contributed by atoms with Gasteiger partial charge in [-0.05, 0) is 24.1 Å². The zero-order chi connectivity index (χ0) is 11.4. The number of methoxy groups -OCH3 is 1. The van der Waals surface area contributed by atoms with Crippen LogP contribution in [0.25, 0.3) is 0 Å². The maximum absolute atomic E-state index is 9.49. The standard InChI is InChI=1S/C10H14ClNO3.ClH/c1-15-9-5-6(8(12)2-3-13)4-7(11)10(9)14;/h4-5,8,13-14H,2-3,12H2,1H3;1H/t8-;/m0./s1. The molecule has 0 bridgehead atoms. The minimum Gasteiger partial charge on any atom is -0.503 e. The smallest absolute Gasteiger partial charge is 0.176 e. The first-order valence-electron chi connectivity index (χ1n) is 4.53. The second-order valence-corrected chi connectivity index (χ2v) is 3.58. The van der Waals surface area contributed by atoms with Gasteiger partial charge in [0.1, 0.15) is 0 Å². The molecule has 0 saturated carbocycles. The van der Waals surface area contributed by atoms with Gasteiger partial charge in [0.2, 0.25) is 0 Å². The van der Waals surface area contributed by atoms with Crippen LogP contribution in [0.1, 0.15) is 18.0 Å². The summed E-state index contributed by atoms with van der Waals surface area (Å²) in [6.45, 7) is 0.00196. The van der Waals surface area contributed by atoms with E-state index in [-0.39, 0.29) is 41.6 Å². The monoisotopic (exact) mass is 267 g/mol. The summed E-state index contributed by atoms with van der Waals surface area (Å²) in [5.74, 6) is 0.185. The molecular formula is C10H15Cl2NO3. The zero-order valence-corrected chi connectivity index (χ0v) is 10.4. The van der Waals surface area contributed by atoms with Crippen molar-refractivity contribution in [1.82, 2.24) is 0 Å². The number of hydrogen-bond donors (Lipinski definition) is 3. The van der Waals surface area contributed by atoms with Crippen molar-refractivity contribution in [3.63, 3.8) is 0 Å². The van der Waals surface area contributed by atoms with Gasteiger partial charge in [-0.15, -0.1) is 12.4 Å². The number of phenolic OH excluding ortho intramolecular Hbond substituents is 1. The van der Waals surface area contributed by atoms with Crippen LogP contribution in [0.15, 0.2) is 12.1 Å². The molecule has 6 heteroatoms. The quantitative estimate of drug-likeness (QED) is 0.779. The first-order chi connectivity index (χ1) is 7.10. The van der Waals surface area contributed by atoms with E-state index in [1.165, 1.54) is 7.11 Å². The van der Waals surface area contributed by atoms with Crippen LogP contribution in [0.5, 0.6) is 11.5 Å². The van der Waals surface area contributed by atoms with E-state index in [2.05, 4.69) is 0 Å². The van der Waals surface area contributed by atoms with E-state index < -0.39 is 0 Å². The van der Waals surface area contributed by atoms with Gasteiger partial charge >= 0.3 is 0 Å². The lowest BCUT2D eigenvalue weighted by atomic mass is 10.0. The number of nitrogens with two attached hydrogens (primary N) is 1. The summed E-state index contributed by atoms with van der Waals surface area (Å²) in [5.41, 5.74) is 6.52. The Morgan fingerprint density at radius 1 is 1.50 bits per heavy atom. The highest BCUT2D eigenvalue weighted by molar-refractivity contribution is 6.32. The van der Waals surface area contributed by atoms with Crippen molar-refractivity contribution in [2.75, 3.05) is 13.7 Å². The lowest BCUT2D eigenvalue weighted by Gasteiger charge is -2.13. The highest BCUT2D eigenvalue weighted by atomic mass is 35.5. The molecule has 4 N–H and O–H groups in total. The molecule has 1 atom stereocenters. The molecule has 0 radical (unpaired) electrons. The predicted octanol–water partition coefficient (Wildman–Crippen LogP) is 1.86. The highest BCUT2D eigenvalue weighted by Gasteiger charge is 2.13. The first-order valence-corrected chi connectivity index (χ1v) is 4.90. The Morgan fingerprint density at radius 2 is 2.12 bits per heavy atom. The van der Waals surface area contributed by atoms with Crippen LogP contribution >= 0.6 is 24.0 Å². The van der Waals surface area contributed by atoms with E-state index in [9.17, 15) is 5.11 Å². The number of halogens is 2. The summed E-state index contributed by atoms with van der Waals surface area (Å²) >= 11 is 5.79. The maximum Gasteiger partial charge on any atom is 0.176 e. The number of aliphatic hydroxyl groups excluding tert-OH is 1. The average molecular weight is 268 g/mol. The van der Waals surface area contributed by atoms with E-state index >= 15 is 0 Å². The number of benzene rings is 1. The van der Waals surface area contributed by atoms with Gasteiger partial charge in [-0.25, -0.2) is 0 Å². The molecule has 0 saturated heterocycles. The van der Waals surface area contributed by atoms with Crippen LogP contribution in [0.3, 0.4) is 0 Å². The Bertz CT molecular complexity index is 347. The summed E-state index contributed by atoms with van der Waals surface area (Å²) < 4.78 is 4.94. The van der Waals surface area contributed by atoms with Gasteiger partial charge in [0, 0.05) is 12.6 Å². The highest BCUT2D eigenvalue weighted by Crippen LogP contribution is 2.36. The number of hydrogen-bond acceptors (Lipinski definition) is 4. The molecule has 0 unspecified atom stereocenters. The third kappa shape index (κ3) is 3.42. The molecule has 4 nitrogen and oxygen atoms in total. The van der Waals surface area contributed by atoms with Crippen LogP contribution in [-0.4, -0.2) is 23.9 Å². The summed E-state index contributed by atoms with van der Waals surface area (Å²) in [7, 11) is 1.44. The van der Waals surface area contributed by atoms with Crippen molar-refractivity contribution >= 4 is 24.0 Å². The summed E-state index contributed by atoms with van der Waals surface area (Å²) in [5, 5.41) is 18.4. The van der Waals surface area contributed by atoms with Gasteiger partial charge in [0.25, 0.3) is 0 Å². The maximum atomic E-state index is 9.49. The fraction of sp³-hybridized carbons (Fsp3) is 0.400. The number of rotatable bonds is 4. The molecule has 0 fully saturated rings. The molecule has 0 amide bonds. The molecule has 1 rings (SSSR count). The Kier molecular flexibility index (Phi) is 6.52. The molecule has 1 aromatic rings. The second kappa shape index (κ2) is 6.81. The van der Waals surface area contributed by atoms with Gasteiger partial charge in [0.15, 0.2) is 11.5 Å². The van der Waals surface area contributed by atoms with Gasteiger partial charge in [-0.1, -0.05) is 11.6 Å². The van der Waals surface area contributed by atoms with Crippen LogP contribution in [0, 0.1) is 0 Å². The van der Waals surface area contributed by atoms with Gasteiger partial charge in [-0.3, -0.25) is 0 Å². The topological polar surface area (TPSA) is 75.7 Å². The fourth-order valence-electron chi connectivity index (χ4n) is 1.27. The van der Waals surface area contributed by atoms with Crippen molar-refractivity contribution in [2.45, 2.75) is 12.5 Å². The Hall–Kier alpha value is -0.680. The normalized spacial score (nSPS) is 11.8. The average Bonchev–Trinajstić information content (AvgIpc) is 2.22. The van der Waals surface area contributed by atoms with Crippen molar-refractivity contribution in [1.29, 1.82) is 0 Å². The third-order valence-electron chi connectivity index (χ3n) is 2.14. The molecule has 0 aromatic heterocycles. The summed E-state index contributed by atoms with van der Waals surface area (Å²) in [6.07, 6.45) is 0.435. The van der Waals surface area contributed by atoms with Gasteiger partial charge in [-0.2, -0.15) is 0 Å². The fourth-order valence-corrected chi connectivity index (χ4v) is 1.49. The molecule has 0 heterocycles. The van der Waals surface area contributed by atoms with Crippen LogP contribution < -0.4 is 10.5 Å². The number of aliphatic hydroxyl groups is 1. The molecule has 0 aliphatic carbocycles. The van der Waals surface area contributed by atoms with Crippen LogP contribution in [-0.2, 0) is 0 Å². The van der Waals surface area contributed by atoms with Crippen molar-refractivity contribution in [3.8, 4) is 11.5 Å². The Labute approximate surface area is 105 Å². The molecule has 0 aliphatic heterocycles. The predicted molar refractivity (Wildman–Crippen MR) is 65.5 cm³/mol. The van der Waals surface area contributed by atoms with E-state index in [1.807, 2.05) is 0 Å². The summed E-state index contributed by atoms with van der Waals surface area (Å²) in [6, 6.07) is 2.86. The largest absolute Gasteiger partial charge is 0.503 e. The van der Waals surface area contributed by atoms with Crippen LogP contribution in [0.2, 0.25) is 5.02 Å². The van der Waals surface area contributed by atoms with Crippen LogP contribution in [0.4, 0.5) is 0 Å². The van der Waals surface area contributed by atoms with E-state index in [4.69, 9.17) is 27.2 Å². The third-order valence-corrected chi connectivity index (χ3v) is 2.43. The zero-order valence-electron chi connectivity index (χ0n) is 8.81. The molecule has 0 spiro atoms. The van der Waals surface area contributed by atoms with E-state index in [0.29, 0.717) is 6.42 Å². The van der Waals surface area contributed by atoms with Crippen molar-refractivity contribution in [2.24, 2.45) is 5.73 Å². The lowest BCUT2D eigenvalue weighted by molar-refractivity contribution is 0.276. The number of phenols is 1. The number of aromatic hydroxyl groups is 1. The minimum atomic E-state index is -0.318.